The molecule has 7 nitrogen and oxygen atoms in total. The molecule has 0 aliphatic heterocycles. The van der Waals surface area contributed by atoms with E-state index in [-0.39, 0.29) is 10.8 Å². The normalized spacial score (nSPS) is 11.2. The molecular formula is C21H14N4O3S. The molecule has 5 aromatic rings. The molecule has 0 unspecified atom stereocenters. The molecule has 0 bridgehead atoms. The van der Waals surface area contributed by atoms with Gasteiger partial charge in [-0.2, -0.15) is 0 Å². The summed E-state index contributed by atoms with van der Waals surface area (Å²) in [6, 6.07) is 16.9. The number of fused-ring (bicyclic) bond motifs is 3. The Labute approximate surface area is 167 Å². The number of amides is 1. The topological polar surface area (TPSA) is 102 Å². The highest BCUT2D eigenvalue weighted by atomic mass is 32.1. The molecule has 0 spiro atoms. The van der Waals surface area contributed by atoms with Gasteiger partial charge in [0.1, 0.15) is 5.69 Å². The van der Waals surface area contributed by atoms with E-state index in [1.807, 2.05) is 54.6 Å². The Bertz CT molecular complexity index is 1400. The molecule has 3 N–H and O–H groups in total. The van der Waals surface area contributed by atoms with E-state index in [0.717, 1.165) is 32.7 Å². The summed E-state index contributed by atoms with van der Waals surface area (Å²) in [6.45, 7) is 0. The number of pyridine rings is 1. The quantitative estimate of drug-likeness (QED) is 0.397. The molecule has 142 valence electrons. The number of carboxylic acid groups (broad SMARTS) is 1. The molecule has 0 aliphatic carbocycles. The van der Waals surface area contributed by atoms with Crippen LogP contribution in [0.4, 0.5) is 15.6 Å². The number of aromatic amines is 2. The summed E-state index contributed by atoms with van der Waals surface area (Å²) in [7, 11) is 0. The predicted octanol–water partition coefficient (Wildman–Crippen LogP) is 4.95. The maximum Gasteiger partial charge on any atom is 0.418 e. The smallest absolute Gasteiger partial charge is 0.418 e. The van der Waals surface area contributed by atoms with E-state index in [1.54, 1.807) is 5.38 Å². The molecule has 0 saturated heterocycles. The van der Waals surface area contributed by atoms with Gasteiger partial charge in [0.25, 0.3) is 5.56 Å². The molecule has 3 heterocycles. The number of benzene rings is 2. The summed E-state index contributed by atoms with van der Waals surface area (Å²) in [5.41, 5.74) is 2.90. The van der Waals surface area contributed by atoms with Gasteiger partial charge in [0.2, 0.25) is 0 Å². The monoisotopic (exact) mass is 402 g/mol. The first-order chi connectivity index (χ1) is 14.1. The number of thiazole rings is 1. The van der Waals surface area contributed by atoms with E-state index in [2.05, 4.69) is 15.0 Å². The molecular weight excluding hydrogens is 388 g/mol. The second kappa shape index (κ2) is 6.61. The van der Waals surface area contributed by atoms with Crippen LogP contribution in [0, 0.1) is 0 Å². The van der Waals surface area contributed by atoms with Crippen molar-refractivity contribution < 1.29 is 9.90 Å². The number of rotatable bonds is 3. The first-order valence-corrected chi connectivity index (χ1v) is 9.68. The van der Waals surface area contributed by atoms with Crippen LogP contribution in [0.2, 0.25) is 0 Å². The zero-order valence-electron chi connectivity index (χ0n) is 14.9. The van der Waals surface area contributed by atoms with Crippen molar-refractivity contribution in [3.8, 4) is 11.1 Å². The Kier molecular flexibility index (Phi) is 3.92. The first-order valence-electron chi connectivity index (χ1n) is 8.80. The molecule has 1 amide bonds. The van der Waals surface area contributed by atoms with Gasteiger partial charge in [0, 0.05) is 28.0 Å². The predicted molar refractivity (Wildman–Crippen MR) is 114 cm³/mol. The highest BCUT2D eigenvalue weighted by Gasteiger charge is 2.28. The number of para-hydroxylation sites is 1. The minimum Gasteiger partial charge on any atom is -0.464 e. The number of anilines is 2. The number of hydrogen-bond donors (Lipinski definition) is 3. The molecule has 0 aliphatic rings. The third-order valence-corrected chi connectivity index (χ3v) is 5.49. The van der Waals surface area contributed by atoms with Crippen molar-refractivity contribution in [3.05, 3.63) is 76.5 Å². The van der Waals surface area contributed by atoms with Gasteiger partial charge in [-0.1, -0.05) is 48.5 Å². The van der Waals surface area contributed by atoms with Gasteiger partial charge < -0.3 is 15.1 Å². The van der Waals surface area contributed by atoms with Gasteiger partial charge in [0.15, 0.2) is 5.13 Å². The summed E-state index contributed by atoms with van der Waals surface area (Å²) < 4.78 is 0. The largest absolute Gasteiger partial charge is 0.464 e. The summed E-state index contributed by atoms with van der Waals surface area (Å²) in [5.74, 6) is 0. The number of H-pyrrole nitrogens is 2. The third kappa shape index (κ3) is 2.69. The maximum absolute atomic E-state index is 13.2. The molecule has 2 aromatic carbocycles. The molecule has 0 radical (unpaired) electrons. The summed E-state index contributed by atoms with van der Waals surface area (Å²) in [4.78, 5) is 36.7. The lowest BCUT2D eigenvalue weighted by Gasteiger charge is -2.19. The van der Waals surface area contributed by atoms with Crippen LogP contribution in [-0.2, 0) is 0 Å². The number of aromatic nitrogens is 3. The SMILES string of the molecule is O=C(O)N(c1nccs1)c1c(-c2ccccc2)c2[nH]c3ccccc3c2[nH]c1=O. The highest BCUT2D eigenvalue weighted by molar-refractivity contribution is 7.13. The third-order valence-electron chi connectivity index (χ3n) is 4.73. The lowest BCUT2D eigenvalue weighted by molar-refractivity contribution is 0.204. The molecule has 3 aromatic heterocycles. The number of nitrogens with one attached hydrogen (secondary N) is 2. The van der Waals surface area contributed by atoms with Gasteiger partial charge >= 0.3 is 6.09 Å². The summed E-state index contributed by atoms with van der Waals surface area (Å²) in [6.07, 6.45) is 0.228. The molecule has 0 atom stereocenters. The van der Waals surface area contributed by atoms with Crippen molar-refractivity contribution in [2.45, 2.75) is 0 Å². The average Bonchev–Trinajstić information content (AvgIpc) is 3.37. The Hall–Kier alpha value is -3.91. The minimum atomic E-state index is -1.28. The zero-order valence-corrected chi connectivity index (χ0v) is 15.7. The Morgan fingerprint density at radius 1 is 1.00 bits per heavy atom. The molecule has 29 heavy (non-hydrogen) atoms. The van der Waals surface area contributed by atoms with E-state index in [0.29, 0.717) is 16.6 Å². The van der Waals surface area contributed by atoms with Crippen molar-refractivity contribution >= 4 is 50.2 Å². The van der Waals surface area contributed by atoms with Crippen molar-refractivity contribution in [1.29, 1.82) is 0 Å². The Morgan fingerprint density at radius 2 is 1.76 bits per heavy atom. The van der Waals surface area contributed by atoms with Crippen LogP contribution in [0.3, 0.4) is 0 Å². The molecule has 8 heteroatoms. The summed E-state index contributed by atoms with van der Waals surface area (Å²) >= 11 is 1.15. The van der Waals surface area contributed by atoms with Crippen LogP contribution < -0.4 is 10.5 Å². The number of nitrogens with zero attached hydrogens (tertiary/aromatic N) is 2. The highest BCUT2D eigenvalue weighted by Crippen LogP contribution is 2.39. The lowest BCUT2D eigenvalue weighted by atomic mass is 10.0. The standard InChI is InChI=1S/C21H14N4O3S/c26-19-18(25(21(27)28)20-22-10-11-29-20)15(12-6-2-1-3-7-12)17-16(24-19)13-8-4-5-9-14(13)23-17/h1-11,23H,(H,24,26)(H,27,28). The van der Waals surface area contributed by atoms with Gasteiger partial charge in [-0.05, 0) is 11.6 Å². The van der Waals surface area contributed by atoms with Crippen molar-refractivity contribution in [3.63, 3.8) is 0 Å². The van der Waals surface area contributed by atoms with Gasteiger partial charge in [-0.3, -0.25) is 4.79 Å². The number of carbonyl (C=O) groups is 1. The molecule has 0 saturated carbocycles. The van der Waals surface area contributed by atoms with E-state index < -0.39 is 11.7 Å². The Balaban J connectivity index is 1.96. The Morgan fingerprint density at radius 3 is 2.48 bits per heavy atom. The van der Waals surface area contributed by atoms with Crippen LogP contribution in [0.15, 0.2) is 71.0 Å². The number of hydrogen-bond acceptors (Lipinski definition) is 4. The van der Waals surface area contributed by atoms with Crippen LogP contribution in [-0.4, -0.2) is 26.2 Å². The van der Waals surface area contributed by atoms with Crippen molar-refractivity contribution in [2.24, 2.45) is 0 Å². The van der Waals surface area contributed by atoms with Gasteiger partial charge in [-0.25, -0.2) is 14.7 Å². The second-order valence-corrected chi connectivity index (χ2v) is 7.27. The zero-order chi connectivity index (χ0) is 20.0. The fraction of sp³-hybridized carbons (Fsp3) is 0. The van der Waals surface area contributed by atoms with Gasteiger partial charge in [-0.15, -0.1) is 11.3 Å². The lowest BCUT2D eigenvalue weighted by Crippen LogP contribution is -2.30. The van der Waals surface area contributed by atoms with Crippen LogP contribution in [0.5, 0.6) is 0 Å². The average molecular weight is 402 g/mol. The van der Waals surface area contributed by atoms with E-state index in [9.17, 15) is 14.7 Å². The van der Waals surface area contributed by atoms with Gasteiger partial charge in [0.05, 0.1) is 11.0 Å². The van der Waals surface area contributed by atoms with Crippen molar-refractivity contribution in [1.82, 2.24) is 15.0 Å². The van der Waals surface area contributed by atoms with E-state index in [4.69, 9.17) is 0 Å². The summed E-state index contributed by atoms with van der Waals surface area (Å²) in [5, 5.41) is 12.7. The second-order valence-electron chi connectivity index (χ2n) is 6.40. The molecule has 5 rings (SSSR count). The van der Waals surface area contributed by atoms with Crippen LogP contribution >= 0.6 is 11.3 Å². The van der Waals surface area contributed by atoms with Crippen LogP contribution in [0.1, 0.15) is 0 Å². The maximum atomic E-state index is 13.2. The molecule has 0 fully saturated rings. The minimum absolute atomic E-state index is 0.0118. The fourth-order valence-corrected chi connectivity index (χ4v) is 4.20. The fourth-order valence-electron chi connectivity index (χ4n) is 3.56. The van der Waals surface area contributed by atoms with E-state index in [1.165, 1.54) is 6.20 Å². The first kappa shape index (κ1) is 17.2. The van der Waals surface area contributed by atoms with Crippen LogP contribution in [0.25, 0.3) is 33.1 Å². The van der Waals surface area contributed by atoms with E-state index >= 15 is 0 Å². The van der Waals surface area contributed by atoms with Crippen molar-refractivity contribution in [2.75, 3.05) is 4.90 Å².